The van der Waals surface area contributed by atoms with E-state index in [0.717, 1.165) is 0 Å². The summed E-state index contributed by atoms with van der Waals surface area (Å²) in [6, 6.07) is 0. The lowest BCUT2D eigenvalue weighted by Gasteiger charge is -2.47. The number of alkyl halides is 1. The molecule has 15 nitrogen and oxygen atoms in total. The fourth-order valence-corrected chi connectivity index (χ4v) is 4.04. The molecule has 3 aliphatic heterocycles. The van der Waals surface area contributed by atoms with Gasteiger partial charge in [-0.15, -0.1) is 0 Å². The van der Waals surface area contributed by atoms with Gasteiger partial charge in [0, 0.05) is 0 Å². The molecular formula is C18H31FO15. The minimum atomic E-state index is -2.32. The molecule has 0 aromatic carbocycles. The van der Waals surface area contributed by atoms with E-state index in [1.54, 1.807) is 0 Å². The molecule has 1 unspecified atom stereocenters. The Kier molecular flexibility index (Phi) is 9.51. The standard InChI is InChI=1S/C18H31FO15/c19-7-9(24)14(5(2-21)30-16(7)29)33-18-13(28)11(26)15(6(3-22)32-18)34-17-12(27)10(25)8(23)4(1-20)31-17/h4-18,20-29H,1-3H2/t4-,5-,6-,7-,8-,9-,10+,11-,12-,13-,14-,15-,16?,17+,18+/m1/s1. The second-order valence-electron chi connectivity index (χ2n) is 8.29. The molecule has 15 atom stereocenters. The topological polar surface area (TPSA) is 248 Å². The third-order valence-corrected chi connectivity index (χ3v) is 6.05. The summed E-state index contributed by atoms with van der Waals surface area (Å²) in [6.07, 6.45) is -26.5. The van der Waals surface area contributed by atoms with Crippen molar-refractivity contribution in [2.24, 2.45) is 0 Å². The van der Waals surface area contributed by atoms with E-state index in [1.807, 2.05) is 0 Å². The van der Waals surface area contributed by atoms with E-state index >= 15 is 0 Å². The number of rotatable bonds is 7. The zero-order valence-corrected chi connectivity index (χ0v) is 17.7. The predicted molar refractivity (Wildman–Crippen MR) is 100 cm³/mol. The van der Waals surface area contributed by atoms with Gasteiger partial charge in [-0.3, -0.25) is 0 Å². The van der Waals surface area contributed by atoms with E-state index in [9.17, 15) is 55.5 Å². The van der Waals surface area contributed by atoms with Gasteiger partial charge >= 0.3 is 0 Å². The van der Waals surface area contributed by atoms with Crippen molar-refractivity contribution in [3.8, 4) is 0 Å². The highest BCUT2D eigenvalue weighted by Crippen LogP contribution is 2.32. The summed E-state index contributed by atoms with van der Waals surface area (Å²) in [4.78, 5) is 0. The van der Waals surface area contributed by atoms with Crippen LogP contribution >= 0.6 is 0 Å². The van der Waals surface area contributed by atoms with Crippen LogP contribution < -0.4 is 0 Å². The molecule has 0 aliphatic carbocycles. The lowest BCUT2D eigenvalue weighted by atomic mass is 9.96. The lowest BCUT2D eigenvalue weighted by Crippen LogP contribution is -2.66. The van der Waals surface area contributed by atoms with Crippen LogP contribution in [-0.4, -0.2) is 163 Å². The molecule has 0 saturated carbocycles. The third kappa shape index (κ3) is 5.36. The van der Waals surface area contributed by atoms with Crippen LogP contribution in [0.15, 0.2) is 0 Å². The van der Waals surface area contributed by atoms with Gasteiger partial charge in [0.2, 0.25) is 0 Å². The van der Waals surface area contributed by atoms with Crippen LogP contribution in [-0.2, 0) is 23.7 Å². The van der Waals surface area contributed by atoms with Crippen LogP contribution in [0.3, 0.4) is 0 Å². The van der Waals surface area contributed by atoms with E-state index in [1.165, 1.54) is 0 Å². The SMILES string of the molecule is OC[C@H]1O[C@@H](O[C@H]2[C@H](O)[C@@H](O)[C@H](O[C@H]3[C@H](O)[C@@H](F)C(O)O[C@@H]3CO)O[C@@H]2CO)[C@H](O)[C@@H](O)[C@@H]1O. The first kappa shape index (κ1) is 27.9. The molecule has 200 valence electrons. The van der Waals surface area contributed by atoms with E-state index in [4.69, 9.17) is 23.7 Å². The molecule has 0 aromatic rings. The van der Waals surface area contributed by atoms with Crippen molar-refractivity contribution in [3.05, 3.63) is 0 Å². The van der Waals surface area contributed by atoms with Gasteiger partial charge in [-0.2, -0.15) is 0 Å². The smallest absolute Gasteiger partial charge is 0.189 e. The number of hydrogen-bond acceptors (Lipinski definition) is 15. The van der Waals surface area contributed by atoms with Crippen molar-refractivity contribution < 1.29 is 79.1 Å². The number of halogens is 1. The van der Waals surface area contributed by atoms with Gasteiger partial charge in [-0.1, -0.05) is 0 Å². The summed E-state index contributed by atoms with van der Waals surface area (Å²) in [5.41, 5.74) is 0. The van der Waals surface area contributed by atoms with Gasteiger partial charge in [-0.05, 0) is 0 Å². The largest absolute Gasteiger partial charge is 0.394 e. The van der Waals surface area contributed by atoms with Crippen LogP contribution in [0, 0.1) is 0 Å². The van der Waals surface area contributed by atoms with Crippen LogP contribution in [0.25, 0.3) is 0 Å². The summed E-state index contributed by atoms with van der Waals surface area (Å²) >= 11 is 0. The molecule has 10 N–H and O–H groups in total. The molecule has 3 saturated heterocycles. The first-order chi connectivity index (χ1) is 16.0. The Morgan fingerprint density at radius 3 is 1.50 bits per heavy atom. The summed E-state index contributed by atoms with van der Waals surface area (Å²) in [7, 11) is 0. The molecule has 0 radical (unpaired) electrons. The van der Waals surface area contributed by atoms with Gasteiger partial charge in [0.05, 0.1) is 19.8 Å². The number of ether oxygens (including phenoxy) is 5. The van der Waals surface area contributed by atoms with Gasteiger partial charge in [0.15, 0.2) is 25.0 Å². The molecular weight excluding hydrogens is 475 g/mol. The van der Waals surface area contributed by atoms with E-state index in [2.05, 4.69) is 0 Å². The predicted octanol–water partition coefficient (Wildman–Crippen LogP) is -6.60. The second kappa shape index (κ2) is 11.6. The zero-order chi connectivity index (χ0) is 25.3. The summed E-state index contributed by atoms with van der Waals surface area (Å²) in [5.74, 6) is 0. The molecule has 3 aliphatic rings. The molecule has 16 heteroatoms. The fraction of sp³-hybridized carbons (Fsp3) is 1.00. The number of aliphatic hydroxyl groups excluding tert-OH is 10. The highest BCUT2D eigenvalue weighted by molar-refractivity contribution is 4.96. The van der Waals surface area contributed by atoms with Crippen LogP contribution in [0.5, 0.6) is 0 Å². The maximum absolute atomic E-state index is 14.0. The molecule has 0 amide bonds. The van der Waals surface area contributed by atoms with Crippen molar-refractivity contribution >= 4 is 0 Å². The van der Waals surface area contributed by atoms with Crippen molar-refractivity contribution in [1.82, 2.24) is 0 Å². The van der Waals surface area contributed by atoms with Crippen LogP contribution in [0.4, 0.5) is 4.39 Å². The molecule has 0 aromatic heterocycles. The average molecular weight is 506 g/mol. The van der Waals surface area contributed by atoms with E-state index < -0.39 is 112 Å². The molecule has 0 bridgehead atoms. The average Bonchev–Trinajstić information content (AvgIpc) is 2.83. The van der Waals surface area contributed by atoms with Crippen LogP contribution in [0.1, 0.15) is 0 Å². The maximum atomic E-state index is 14.0. The molecule has 0 spiro atoms. The maximum Gasteiger partial charge on any atom is 0.189 e. The third-order valence-electron chi connectivity index (χ3n) is 6.05. The Morgan fingerprint density at radius 1 is 0.529 bits per heavy atom. The molecule has 34 heavy (non-hydrogen) atoms. The highest BCUT2D eigenvalue weighted by atomic mass is 19.1. The first-order valence-corrected chi connectivity index (χ1v) is 10.6. The van der Waals surface area contributed by atoms with E-state index in [0.29, 0.717) is 0 Å². The lowest BCUT2D eigenvalue weighted by molar-refractivity contribution is -0.375. The van der Waals surface area contributed by atoms with Gasteiger partial charge in [0.1, 0.15) is 67.1 Å². The van der Waals surface area contributed by atoms with Gasteiger partial charge < -0.3 is 74.7 Å². The van der Waals surface area contributed by atoms with E-state index in [-0.39, 0.29) is 0 Å². The van der Waals surface area contributed by atoms with Crippen molar-refractivity contribution in [2.45, 2.75) is 92.2 Å². The highest BCUT2D eigenvalue weighted by Gasteiger charge is 2.53. The molecule has 3 rings (SSSR count). The summed E-state index contributed by atoms with van der Waals surface area (Å²) < 4.78 is 40.1. The van der Waals surface area contributed by atoms with Crippen molar-refractivity contribution in [1.29, 1.82) is 0 Å². The normalized spacial score (nSPS) is 52.5. The Hall–Kier alpha value is -0.670. The quantitative estimate of drug-likeness (QED) is 0.154. The van der Waals surface area contributed by atoms with Crippen molar-refractivity contribution in [2.75, 3.05) is 19.8 Å². The Morgan fingerprint density at radius 2 is 0.971 bits per heavy atom. The Balaban J connectivity index is 1.72. The van der Waals surface area contributed by atoms with Crippen molar-refractivity contribution in [3.63, 3.8) is 0 Å². The Labute approximate surface area is 192 Å². The fourth-order valence-electron chi connectivity index (χ4n) is 4.04. The summed E-state index contributed by atoms with van der Waals surface area (Å²) in [6.45, 7) is -2.41. The van der Waals surface area contributed by atoms with Gasteiger partial charge in [0.25, 0.3) is 0 Å². The number of hydrogen-bond donors (Lipinski definition) is 10. The molecule has 3 fully saturated rings. The monoisotopic (exact) mass is 506 g/mol. The Bertz CT molecular complexity index is 640. The zero-order valence-electron chi connectivity index (χ0n) is 17.7. The summed E-state index contributed by atoms with van der Waals surface area (Å²) in [5, 5.41) is 98.8. The second-order valence-corrected chi connectivity index (χ2v) is 8.29. The molecule has 3 heterocycles. The van der Waals surface area contributed by atoms with Gasteiger partial charge in [-0.25, -0.2) is 4.39 Å². The van der Waals surface area contributed by atoms with Crippen LogP contribution in [0.2, 0.25) is 0 Å². The minimum absolute atomic E-state index is 0.751. The number of aliphatic hydroxyl groups is 10. The first-order valence-electron chi connectivity index (χ1n) is 10.6. The minimum Gasteiger partial charge on any atom is -0.394 e.